The normalized spacial score (nSPS) is 21.4. The molecule has 0 bridgehead atoms. The summed E-state index contributed by atoms with van der Waals surface area (Å²) in [6, 6.07) is 8.58. The fourth-order valence-electron chi connectivity index (χ4n) is 6.17. The van der Waals surface area contributed by atoms with E-state index >= 15 is 0 Å². The summed E-state index contributed by atoms with van der Waals surface area (Å²) in [5.41, 5.74) is -0.720. The lowest BCUT2D eigenvalue weighted by Gasteiger charge is -2.52. The Hall–Kier alpha value is -4.02. The number of pyridine rings is 1. The van der Waals surface area contributed by atoms with Gasteiger partial charge >= 0.3 is 11.9 Å². The van der Waals surface area contributed by atoms with Gasteiger partial charge in [0.25, 0.3) is 0 Å². The molecule has 5 rings (SSSR count). The van der Waals surface area contributed by atoms with Gasteiger partial charge in [-0.3, -0.25) is 14.3 Å². The monoisotopic (exact) mass is 597 g/mol. The van der Waals surface area contributed by atoms with E-state index in [2.05, 4.69) is 9.97 Å². The zero-order valence-corrected chi connectivity index (χ0v) is 24.5. The number of rotatable bonds is 6. The topological polar surface area (TPSA) is 119 Å². The van der Waals surface area contributed by atoms with Gasteiger partial charge in [-0.15, -0.1) is 0 Å². The molecule has 1 aromatic carbocycles. The number of aryl methyl sites for hydroxylation is 1. The van der Waals surface area contributed by atoms with Crippen LogP contribution in [0, 0.1) is 11.3 Å². The first-order valence-electron chi connectivity index (χ1n) is 14.3. The van der Waals surface area contributed by atoms with Crippen LogP contribution in [0.4, 0.5) is 19.0 Å². The molecular weight excluding hydrogens is 563 g/mol. The number of carbonyl (C=O) groups is 1. The van der Waals surface area contributed by atoms with Gasteiger partial charge in [0.1, 0.15) is 23.3 Å². The van der Waals surface area contributed by atoms with Crippen LogP contribution in [0.5, 0.6) is 0 Å². The standard InChI is InChI=1S/C30H34F3N7O3/c1-5-21-15-40(26-24-23(37(4)28(42)36-26)12-11-20(13-34)35-24)22(6-2)14-39(21)25(27(41)38-16-29(3,43)17-38)18-7-9-19(10-8-18)30(31,32)33/h7-12,21-22,25,43H,5-6,14-17H2,1-4H3/t21-,22+,25?/m1/s1. The molecule has 1 unspecified atom stereocenters. The number of nitriles is 1. The predicted molar refractivity (Wildman–Crippen MR) is 153 cm³/mol. The lowest BCUT2D eigenvalue weighted by molar-refractivity contribution is -0.159. The Morgan fingerprint density at radius 1 is 1.09 bits per heavy atom. The third-order valence-electron chi connectivity index (χ3n) is 8.50. The van der Waals surface area contributed by atoms with Crippen LogP contribution in [0.2, 0.25) is 0 Å². The van der Waals surface area contributed by atoms with E-state index in [0.717, 1.165) is 12.1 Å². The van der Waals surface area contributed by atoms with E-state index in [1.807, 2.05) is 29.7 Å². The maximum Gasteiger partial charge on any atom is 0.416 e. The molecular formula is C30H34F3N7O3. The molecule has 4 heterocycles. The Morgan fingerprint density at radius 3 is 2.30 bits per heavy atom. The highest BCUT2D eigenvalue weighted by atomic mass is 19.4. The van der Waals surface area contributed by atoms with E-state index in [4.69, 9.17) is 0 Å². The Bertz CT molecular complexity index is 1620. The molecule has 10 nitrogen and oxygen atoms in total. The highest BCUT2D eigenvalue weighted by Gasteiger charge is 2.46. The van der Waals surface area contributed by atoms with Crippen molar-refractivity contribution in [1.29, 1.82) is 5.26 Å². The van der Waals surface area contributed by atoms with Gasteiger partial charge in [0, 0.05) is 32.2 Å². The lowest BCUT2D eigenvalue weighted by atomic mass is 9.91. The van der Waals surface area contributed by atoms with Gasteiger partial charge in [0.05, 0.1) is 29.8 Å². The highest BCUT2D eigenvalue weighted by Crippen LogP contribution is 2.37. The number of carbonyl (C=O) groups excluding carboxylic acids is 1. The third-order valence-corrected chi connectivity index (χ3v) is 8.50. The van der Waals surface area contributed by atoms with Gasteiger partial charge < -0.3 is 14.9 Å². The number of β-amino-alcohol motifs (C(OH)–C–C–N with tert-alkyl or cyclic N) is 1. The summed E-state index contributed by atoms with van der Waals surface area (Å²) in [5, 5.41) is 19.8. The molecule has 3 aromatic rings. The van der Waals surface area contributed by atoms with E-state index in [1.54, 1.807) is 26.1 Å². The number of aromatic nitrogens is 3. The van der Waals surface area contributed by atoms with Crippen LogP contribution < -0.4 is 10.6 Å². The van der Waals surface area contributed by atoms with E-state index in [1.165, 1.54) is 21.6 Å². The number of likely N-dealkylation sites (tertiary alicyclic amines) is 1. The van der Waals surface area contributed by atoms with Gasteiger partial charge in [-0.1, -0.05) is 26.0 Å². The van der Waals surface area contributed by atoms with Crippen molar-refractivity contribution >= 4 is 22.8 Å². The van der Waals surface area contributed by atoms with Crippen LogP contribution in [-0.2, 0) is 18.0 Å². The van der Waals surface area contributed by atoms with Crippen LogP contribution in [0.15, 0.2) is 41.2 Å². The molecule has 13 heteroatoms. The molecule has 2 aromatic heterocycles. The van der Waals surface area contributed by atoms with Crippen molar-refractivity contribution in [3.8, 4) is 6.07 Å². The average Bonchev–Trinajstić information content (AvgIpc) is 2.97. The molecule has 3 atom stereocenters. The molecule has 2 saturated heterocycles. The lowest BCUT2D eigenvalue weighted by Crippen LogP contribution is -2.66. The summed E-state index contributed by atoms with van der Waals surface area (Å²) in [5.74, 6) is 0.0712. The van der Waals surface area contributed by atoms with Crippen molar-refractivity contribution in [1.82, 2.24) is 24.3 Å². The first kappa shape index (κ1) is 30.4. The molecule has 2 fully saturated rings. The molecule has 2 aliphatic heterocycles. The Kier molecular flexibility index (Phi) is 7.96. The number of benzene rings is 1. The molecule has 1 amide bonds. The largest absolute Gasteiger partial charge is 0.416 e. The SMILES string of the molecule is CC[C@H]1CN(C(C(=O)N2CC(C)(O)C2)c2ccc(C(F)(F)F)cc2)[C@H](CC)CN1c1nc(=O)n(C)c2ccc(C#N)nc12. The Balaban J connectivity index is 1.56. The van der Waals surface area contributed by atoms with Crippen LogP contribution in [0.3, 0.4) is 0 Å². The van der Waals surface area contributed by atoms with Crippen LogP contribution in [0.1, 0.15) is 56.5 Å². The minimum absolute atomic E-state index is 0.132. The van der Waals surface area contributed by atoms with Crippen LogP contribution in [-0.4, -0.2) is 79.2 Å². The van der Waals surface area contributed by atoms with Crippen molar-refractivity contribution in [3.63, 3.8) is 0 Å². The molecule has 0 radical (unpaired) electrons. The maximum absolute atomic E-state index is 14.0. The number of hydrogen-bond acceptors (Lipinski definition) is 8. The first-order valence-corrected chi connectivity index (χ1v) is 14.3. The van der Waals surface area contributed by atoms with Gasteiger partial charge in [-0.25, -0.2) is 9.78 Å². The van der Waals surface area contributed by atoms with Gasteiger partial charge in [0.15, 0.2) is 5.82 Å². The van der Waals surface area contributed by atoms with Crippen molar-refractivity contribution < 1.29 is 23.1 Å². The second-order valence-electron chi connectivity index (χ2n) is 11.6. The van der Waals surface area contributed by atoms with Crippen molar-refractivity contribution in [2.75, 3.05) is 31.1 Å². The fraction of sp³-hybridized carbons (Fsp3) is 0.500. The minimum Gasteiger partial charge on any atom is -0.386 e. The second-order valence-corrected chi connectivity index (χ2v) is 11.6. The number of aliphatic hydroxyl groups is 1. The molecule has 43 heavy (non-hydrogen) atoms. The number of fused-ring (bicyclic) bond motifs is 1. The van der Waals surface area contributed by atoms with Gasteiger partial charge in [-0.05, 0) is 49.6 Å². The highest BCUT2D eigenvalue weighted by molar-refractivity contribution is 5.87. The van der Waals surface area contributed by atoms with Crippen LogP contribution >= 0.6 is 0 Å². The number of halogens is 3. The third kappa shape index (κ3) is 5.69. The summed E-state index contributed by atoms with van der Waals surface area (Å²) < 4.78 is 41.5. The number of hydrogen-bond donors (Lipinski definition) is 1. The number of piperazine rings is 1. The number of alkyl halides is 3. The number of nitrogens with zero attached hydrogens (tertiary/aromatic N) is 7. The average molecular weight is 598 g/mol. The molecule has 228 valence electrons. The molecule has 1 N–H and O–H groups in total. The summed E-state index contributed by atoms with van der Waals surface area (Å²) in [4.78, 5) is 41.3. The molecule has 0 spiro atoms. The maximum atomic E-state index is 14.0. The van der Waals surface area contributed by atoms with Gasteiger partial charge in [-0.2, -0.15) is 23.4 Å². The number of anilines is 1. The number of amides is 1. The van der Waals surface area contributed by atoms with Gasteiger partial charge in [0.2, 0.25) is 5.91 Å². The van der Waals surface area contributed by atoms with E-state index in [0.29, 0.717) is 48.3 Å². The zero-order chi connectivity index (χ0) is 31.3. The zero-order valence-electron chi connectivity index (χ0n) is 24.5. The summed E-state index contributed by atoms with van der Waals surface area (Å²) in [6.45, 7) is 6.56. The smallest absolute Gasteiger partial charge is 0.386 e. The molecule has 2 aliphatic rings. The fourth-order valence-corrected chi connectivity index (χ4v) is 6.17. The van der Waals surface area contributed by atoms with Crippen molar-refractivity contribution in [3.05, 3.63) is 63.7 Å². The van der Waals surface area contributed by atoms with E-state index < -0.39 is 29.1 Å². The summed E-state index contributed by atoms with van der Waals surface area (Å²) >= 11 is 0. The van der Waals surface area contributed by atoms with Crippen molar-refractivity contribution in [2.45, 2.75) is 63.5 Å². The summed E-state index contributed by atoms with van der Waals surface area (Å²) in [6.07, 6.45) is -3.31. The van der Waals surface area contributed by atoms with Crippen LogP contribution in [0.25, 0.3) is 11.0 Å². The molecule has 0 aliphatic carbocycles. The predicted octanol–water partition coefficient (Wildman–Crippen LogP) is 3.23. The van der Waals surface area contributed by atoms with E-state index in [9.17, 15) is 33.1 Å². The van der Waals surface area contributed by atoms with Crippen molar-refractivity contribution in [2.24, 2.45) is 7.05 Å². The van der Waals surface area contributed by atoms with E-state index in [-0.39, 0.29) is 36.8 Å². The first-order chi connectivity index (χ1) is 20.3. The second kappa shape index (κ2) is 11.2. The molecule has 0 saturated carbocycles. The quantitative estimate of drug-likeness (QED) is 0.460. The minimum atomic E-state index is -4.51. The summed E-state index contributed by atoms with van der Waals surface area (Å²) in [7, 11) is 1.59. The Morgan fingerprint density at radius 2 is 1.74 bits per heavy atom. The Labute approximate surface area is 247 Å².